The summed E-state index contributed by atoms with van der Waals surface area (Å²) in [6.45, 7) is 4.87. The minimum atomic E-state index is 0.0148. The molecule has 1 amide bonds. The second kappa shape index (κ2) is 7.27. The van der Waals surface area contributed by atoms with Crippen LogP contribution < -0.4 is 9.64 Å². The Bertz CT molecular complexity index is 668. The number of carbonyl (C=O) groups is 1. The number of hydrogen-bond acceptors (Lipinski definition) is 6. The van der Waals surface area contributed by atoms with Crippen molar-refractivity contribution in [2.45, 2.75) is 6.92 Å². The highest BCUT2D eigenvalue weighted by molar-refractivity contribution is 9.10. The number of nitrogens with zero attached hydrogens (tertiary/aromatic N) is 4. The van der Waals surface area contributed by atoms with Crippen molar-refractivity contribution in [1.82, 2.24) is 14.3 Å². The SMILES string of the molecule is Cc1nsc(N2CCN(C(=O)COc3ccc(Br)cc3)CC2)n1. The molecule has 2 aromatic rings. The molecule has 1 aliphatic heterocycles. The molecule has 0 saturated carbocycles. The van der Waals surface area contributed by atoms with Gasteiger partial charge in [-0.25, -0.2) is 4.98 Å². The zero-order valence-corrected chi connectivity index (χ0v) is 15.1. The molecule has 1 aromatic heterocycles. The van der Waals surface area contributed by atoms with Crippen LogP contribution in [0.15, 0.2) is 28.7 Å². The summed E-state index contributed by atoms with van der Waals surface area (Å²) in [4.78, 5) is 20.6. The van der Waals surface area contributed by atoms with E-state index in [1.807, 2.05) is 36.1 Å². The lowest BCUT2D eigenvalue weighted by Crippen LogP contribution is -2.50. The maximum atomic E-state index is 12.2. The number of benzene rings is 1. The predicted molar refractivity (Wildman–Crippen MR) is 93.1 cm³/mol. The number of halogens is 1. The molecule has 23 heavy (non-hydrogen) atoms. The van der Waals surface area contributed by atoms with Crippen molar-refractivity contribution in [1.29, 1.82) is 0 Å². The van der Waals surface area contributed by atoms with Crippen molar-refractivity contribution in [3.63, 3.8) is 0 Å². The van der Waals surface area contributed by atoms with E-state index in [0.717, 1.165) is 28.5 Å². The summed E-state index contributed by atoms with van der Waals surface area (Å²) in [5.41, 5.74) is 0. The second-order valence-electron chi connectivity index (χ2n) is 5.23. The monoisotopic (exact) mass is 396 g/mol. The summed E-state index contributed by atoms with van der Waals surface area (Å²) < 4.78 is 10.7. The molecule has 0 spiro atoms. The number of aromatic nitrogens is 2. The van der Waals surface area contributed by atoms with E-state index in [9.17, 15) is 4.79 Å². The lowest BCUT2D eigenvalue weighted by molar-refractivity contribution is -0.133. The van der Waals surface area contributed by atoms with E-state index in [4.69, 9.17) is 4.74 Å². The fraction of sp³-hybridized carbons (Fsp3) is 0.400. The van der Waals surface area contributed by atoms with E-state index in [2.05, 4.69) is 30.2 Å². The van der Waals surface area contributed by atoms with Crippen LogP contribution >= 0.6 is 27.5 Å². The van der Waals surface area contributed by atoms with E-state index >= 15 is 0 Å². The molecule has 0 unspecified atom stereocenters. The number of aryl methyl sites for hydroxylation is 1. The third-order valence-corrected chi connectivity index (χ3v) is 4.99. The van der Waals surface area contributed by atoms with E-state index in [1.54, 1.807) is 0 Å². The van der Waals surface area contributed by atoms with E-state index in [0.29, 0.717) is 18.8 Å². The van der Waals surface area contributed by atoms with E-state index < -0.39 is 0 Å². The number of hydrogen-bond donors (Lipinski definition) is 0. The van der Waals surface area contributed by atoms with Crippen LogP contribution in [0.2, 0.25) is 0 Å². The Morgan fingerprint density at radius 3 is 2.57 bits per heavy atom. The van der Waals surface area contributed by atoms with E-state index in [-0.39, 0.29) is 12.5 Å². The first kappa shape index (κ1) is 16.2. The quantitative estimate of drug-likeness (QED) is 0.793. The number of carbonyl (C=O) groups excluding carboxylic acids is 1. The lowest BCUT2D eigenvalue weighted by atomic mass is 10.3. The highest BCUT2D eigenvalue weighted by Gasteiger charge is 2.23. The van der Waals surface area contributed by atoms with Crippen molar-refractivity contribution in [2.75, 3.05) is 37.7 Å². The zero-order valence-electron chi connectivity index (χ0n) is 12.7. The smallest absolute Gasteiger partial charge is 0.260 e. The molecule has 3 rings (SSSR count). The first-order valence-corrected chi connectivity index (χ1v) is 8.90. The lowest BCUT2D eigenvalue weighted by Gasteiger charge is -2.34. The van der Waals surface area contributed by atoms with Crippen molar-refractivity contribution < 1.29 is 9.53 Å². The molecular weight excluding hydrogens is 380 g/mol. The Morgan fingerprint density at radius 1 is 1.26 bits per heavy atom. The number of piperazine rings is 1. The Balaban J connectivity index is 1.47. The molecule has 1 fully saturated rings. The Labute approximate surface area is 147 Å². The van der Waals surface area contributed by atoms with Gasteiger partial charge >= 0.3 is 0 Å². The fourth-order valence-electron chi connectivity index (χ4n) is 2.33. The van der Waals surface area contributed by atoms with Gasteiger partial charge in [-0.1, -0.05) is 15.9 Å². The maximum Gasteiger partial charge on any atom is 0.260 e. The summed E-state index contributed by atoms with van der Waals surface area (Å²) >= 11 is 4.78. The summed E-state index contributed by atoms with van der Waals surface area (Å²) in [6, 6.07) is 7.46. The van der Waals surface area contributed by atoms with Gasteiger partial charge < -0.3 is 14.5 Å². The predicted octanol–water partition coefficient (Wildman–Crippen LogP) is 2.34. The van der Waals surface area contributed by atoms with Crippen molar-refractivity contribution >= 4 is 38.5 Å². The fourth-order valence-corrected chi connectivity index (χ4v) is 3.32. The third-order valence-electron chi connectivity index (χ3n) is 3.60. The molecular formula is C15H17BrN4O2S. The largest absolute Gasteiger partial charge is 0.484 e. The molecule has 1 saturated heterocycles. The van der Waals surface area contributed by atoms with Crippen LogP contribution in [-0.4, -0.2) is 53.0 Å². The van der Waals surface area contributed by atoms with Gasteiger partial charge in [0.1, 0.15) is 11.6 Å². The van der Waals surface area contributed by atoms with Crippen LogP contribution in [0.4, 0.5) is 5.13 Å². The van der Waals surface area contributed by atoms with Crippen LogP contribution in [0.5, 0.6) is 5.75 Å². The Kier molecular flexibility index (Phi) is 5.12. The first-order chi connectivity index (χ1) is 11.1. The van der Waals surface area contributed by atoms with Crippen molar-refractivity contribution in [2.24, 2.45) is 0 Å². The number of amides is 1. The highest BCUT2D eigenvalue weighted by Crippen LogP contribution is 2.19. The topological polar surface area (TPSA) is 58.6 Å². The minimum absolute atomic E-state index is 0.0148. The van der Waals surface area contributed by atoms with Gasteiger partial charge in [-0.2, -0.15) is 4.37 Å². The Hall–Kier alpha value is -1.67. The maximum absolute atomic E-state index is 12.2. The van der Waals surface area contributed by atoms with Gasteiger partial charge in [0, 0.05) is 42.2 Å². The minimum Gasteiger partial charge on any atom is -0.484 e. The molecule has 0 N–H and O–H groups in total. The molecule has 122 valence electrons. The van der Waals surface area contributed by atoms with Crippen LogP contribution in [-0.2, 0) is 4.79 Å². The van der Waals surface area contributed by atoms with Crippen LogP contribution in [0.1, 0.15) is 5.82 Å². The molecule has 0 radical (unpaired) electrons. The van der Waals surface area contributed by atoms with Gasteiger partial charge in [0.2, 0.25) is 5.13 Å². The Morgan fingerprint density at radius 2 is 1.96 bits per heavy atom. The van der Waals surface area contributed by atoms with E-state index in [1.165, 1.54) is 11.5 Å². The summed E-state index contributed by atoms with van der Waals surface area (Å²) in [7, 11) is 0. The van der Waals surface area contributed by atoms with Gasteiger partial charge in [-0.3, -0.25) is 4.79 Å². The molecule has 2 heterocycles. The highest BCUT2D eigenvalue weighted by atomic mass is 79.9. The number of ether oxygens (including phenoxy) is 1. The molecule has 0 aliphatic carbocycles. The molecule has 6 nitrogen and oxygen atoms in total. The van der Waals surface area contributed by atoms with Crippen molar-refractivity contribution in [3.05, 3.63) is 34.6 Å². The summed E-state index contributed by atoms with van der Waals surface area (Å²) in [6.07, 6.45) is 0. The molecule has 1 aromatic carbocycles. The first-order valence-electron chi connectivity index (χ1n) is 7.33. The molecule has 0 bridgehead atoms. The third kappa shape index (κ3) is 4.20. The van der Waals surface area contributed by atoms with Gasteiger partial charge in [0.25, 0.3) is 5.91 Å². The van der Waals surface area contributed by atoms with Gasteiger partial charge in [0.15, 0.2) is 6.61 Å². The van der Waals surface area contributed by atoms with Crippen LogP contribution in [0.3, 0.4) is 0 Å². The normalized spacial score (nSPS) is 14.9. The van der Waals surface area contributed by atoms with Crippen LogP contribution in [0, 0.1) is 6.92 Å². The number of anilines is 1. The number of rotatable bonds is 4. The van der Waals surface area contributed by atoms with Crippen molar-refractivity contribution in [3.8, 4) is 5.75 Å². The molecule has 8 heteroatoms. The standard InChI is InChI=1S/C15H17BrN4O2S/c1-11-17-15(23-18-11)20-8-6-19(7-9-20)14(21)10-22-13-4-2-12(16)3-5-13/h2-5H,6-10H2,1H3. The van der Waals surface area contributed by atoms with Gasteiger partial charge in [-0.05, 0) is 31.2 Å². The molecule has 0 atom stereocenters. The van der Waals surface area contributed by atoms with Crippen LogP contribution in [0.25, 0.3) is 0 Å². The molecule has 1 aliphatic rings. The zero-order chi connectivity index (χ0) is 16.2. The van der Waals surface area contributed by atoms with Gasteiger partial charge in [-0.15, -0.1) is 0 Å². The average molecular weight is 397 g/mol. The van der Waals surface area contributed by atoms with Gasteiger partial charge in [0.05, 0.1) is 0 Å². The second-order valence-corrected chi connectivity index (χ2v) is 6.88. The summed E-state index contributed by atoms with van der Waals surface area (Å²) in [5, 5.41) is 0.931. The average Bonchev–Trinajstić information content (AvgIpc) is 3.01. The summed E-state index contributed by atoms with van der Waals surface area (Å²) in [5.74, 6) is 1.51.